The van der Waals surface area contributed by atoms with Crippen LogP contribution in [-0.4, -0.2) is 105 Å². The van der Waals surface area contributed by atoms with Crippen LogP contribution in [0.3, 0.4) is 0 Å². The molecular weight excluding hydrogens is 516 g/mol. The maximum absolute atomic E-state index is 13.3. The highest BCUT2D eigenvalue weighted by Crippen LogP contribution is 2.34. The van der Waals surface area contributed by atoms with Crippen molar-refractivity contribution in [1.29, 1.82) is 0 Å². The molecule has 1 aromatic rings. The molecule has 0 spiro atoms. The van der Waals surface area contributed by atoms with Crippen molar-refractivity contribution >= 4 is 21.8 Å². The van der Waals surface area contributed by atoms with Crippen molar-refractivity contribution in [2.24, 2.45) is 5.92 Å². The molecule has 1 aromatic carbocycles. The number of likely N-dealkylation sites (N-methyl/N-ethyl adjacent to an activating group) is 1. The molecule has 218 valence electrons. The lowest BCUT2D eigenvalue weighted by Gasteiger charge is -2.50. The Morgan fingerprint density at radius 2 is 1.69 bits per heavy atom. The van der Waals surface area contributed by atoms with Gasteiger partial charge < -0.3 is 15.0 Å². The van der Waals surface area contributed by atoms with Gasteiger partial charge in [-0.15, -0.1) is 0 Å². The number of piperidine rings is 1. The topological polar surface area (TPSA) is 99.3 Å². The molecule has 39 heavy (non-hydrogen) atoms. The Hall–Kier alpha value is -1.85. The van der Waals surface area contributed by atoms with E-state index in [2.05, 4.69) is 22.0 Å². The number of piperazine rings is 1. The Morgan fingerprint density at radius 1 is 1.00 bits per heavy atom. The molecule has 9 nitrogen and oxygen atoms in total. The molecule has 10 heteroatoms. The third-order valence-corrected chi connectivity index (χ3v) is 10.8. The van der Waals surface area contributed by atoms with Crippen molar-refractivity contribution in [1.82, 2.24) is 19.4 Å². The fourth-order valence-electron chi connectivity index (χ4n) is 6.43. The van der Waals surface area contributed by atoms with Gasteiger partial charge in [0.25, 0.3) is 0 Å². The van der Waals surface area contributed by atoms with Gasteiger partial charge in [-0.3, -0.25) is 14.5 Å². The molecule has 0 atom stereocenters. The van der Waals surface area contributed by atoms with Crippen molar-refractivity contribution < 1.29 is 22.7 Å². The normalized spacial score (nSPS) is 22.0. The zero-order chi connectivity index (χ0) is 27.9. The lowest BCUT2D eigenvalue weighted by Crippen LogP contribution is -2.61. The monoisotopic (exact) mass is 562 g/mol. The summed E-state index contributed by atoms with van der Waals surface area (Å²) in [5, 5.41) is 3.46. The van der Waals surface area contributed by atoms with E-state index in [4.69, 9.17) is 4.74 Å². The van der Waals surface area contributed by atoms with Crippen LogP contribution in [0, 0.1) is 5.92 Å². The molecule has 3 aliphatic rings. The number of ether oxygens (including phenoxy) is 1. The first-order valence-electron chi connectivity index (χ1n) is 14.8. The van der Waals surface area contributed by atoms with E-state index in [1.165, 1.54) is 29.6 Å². The summed E-state index contributed by atoms with van der Waals surface area (Å²) in [6, 6.07) is 6.37. The largest absolute Gasteiger partial charge is 0.466 e. The number of ketones is 1. The minimum absolute atomic E-state index is 0.0965. The Labute approximate surface area is 234 Å². The number of nitrogens with zero attached hydrogens (tertiary/aromatic N) is 3. The van der Waals surface area contributed by atoms with Crippen LogP contribution in [0.25, 0.3) is 0 Å². The molecule has 0 unspecified atom stereocenters. The Bertz CT molecular complexity index is 1070. The number of rotatable bonds is 11. The van der Waals surface area contributed by atoms with Gasteiger partial charge in [0.2, 0.25) is 10.0 Å². The fourth-order valence-corrected chi connectivity index (χ4v) is 7.95. The lowest BCUT2D eigenvalue weighted by atomic mass is 9.79. The average molecular weight is 563 g/mol. The standard InChI is InChI=1S/C29H46N4O5S/c1-3-31-17-19-32(20-18-31)29(13-6-5-7-14-29)23-30-22-27(34)25-9-8-10-26(21-25)39(36,37)33-15-11-24(12-16-33)28(35)38-4-2/h8-10,21,24,30H,3-7,11-20,22-23H2,1-2H3. The van der Waals surface area contributed by atoms with E-state index in [0.29, 0.717) is 25.0 Å². The minimum atomic E-state index is -3.75. The van der Waals surface area contributed by atoms with Crippen LogP contribution in [0.5, 0.6) is 0 Å². The highest BCUT2D eigenvalue weighted by molar-refractivity contribution is 7.89. The van der Waals surface area contributed by atoms with Gasteiger partial charge >= 0.3 is 5.97 Å². The summed E-state index contributed by atoms with van der Waals surface area (Å²) in [7, 11) is -3.75. The van der Waals surface area contributed by atoms with Gasteiger partial charge in [-0.05, 0) is 51.3 Å². The zero-order valence-electron chi connectivity index (χ0n) is 23.7. The van der Waals surface area contributed by atoms with Crippen LogP contribution in [0.1, 0.15) is 69.2 Å². The number of sulfonamides is 1. The molecule has 4 rings (SSSR count). The SMILES string of the molecule is CCOC(=O)C1CCN(S(=O)(=O)c2cccc(C(=O)CNCC3(N4CCN(CC)CC4)CCCCC3)c2)CC1. The lowest BCUT2D eigenvalue weighted by molar-refractivity contribution is -0.149. The van der Waals surface area contributed by atoms with E-state index in [9.17, 15) is 18.0 Å². The first-order valence-corrected chi connectivity index (χ1v) is 16.2. The third kappa shape index (κ3) is 7.27. The Kier molecular flexibility index (Phi) is 10.6. The second-order valence-electron chi connectivity index (χ2n) is 11.2. The zero-order valence-corrected chi connectivity index (χ0v) is 24.5. The minimum Gasteiger partial charge on any atom is -0.466 e. The molecule has 2 aliphatic heterocycles. The number of hydrogen-bond donors (Lipinski definition) is 1. The van der Waals surface area contributed by atoms with Crippen LogP contribution in [0.4, 0.5) is 0 Å². The third-order valence-electron chi connectivity index (χ3n) is 8.88. The van der Waals surface area contributed by atoms with Crippen molar-refractivity contribution in [3.05, 3.63) is 29.8 Å². The number of Topliss-reactive ketones (excluding diaryl/α,β-unsaturated/α-hetero) is 1. The maximum Gasteiger partial charge on any atom is 0.309 e. The molecule has 2 saturated heterocycles. The van der Waals surface area contributed by atoms with E-state index in [1.54, 1.807) is 25.1 Å². The van der Waals surface area contributed by atoms with Crippen molar-refractivity contribution in [2.75, 3.05) is 65.5 Å². The van der Waals surface area contributed by atoms with Gasteiger partial charge in [0.05, 0.1) is 24.0 Å². The molecule has 1 aliphatic carbocycles. The molecule has 1 N–H and O–H groups in total. The molecule has 0 aromatic heterocycles. The van der Waals surface area contributed by atoms with E-state index >= 15 is 0 Å². The summed E-state index contributed by atoms with van der Waals surface area (Å²) in [6.45, 7) is 11.2. The molecular formula is C29H46N4O5S. The summed E-state index contributed by atoms with van der Waals surface area (Å²) < 4.78 is 33.1. The maximum atomic E-state index is 13.3. The van der Waals surface area contributed by atoms with Gasteiger partial charge in [-0.25, -0.2) is 8.42 Å². The Balaban J connectivity index is 1.35. The highest BCUT2D eigenvalue weighted by Gasteiger charge is 2.39. The molecule has 3 fully saturated rings. The quantitative estimate of drug-likeness (QED) is 0.325. The van der Waals surface area contributed by atoms with Crippen LogP contribution in [-0.2, 0) is 19.6 Å². The molecule has 0 bridgehead atoms. The summed E-state index contributed by atoms with van der Waals surface area (Å²) in [5.74, 6) is -0.624. The number of esters is 1. The van der Waals surface area contributed by atoms with Crippen molar-refractivity contribution in [2.45, 2.75) is 69.2 Å². The highest BCUT2D eigenvalue weighted by atomic mass is 32.2. The molecule has 2 heterocycles. The first kappa shape index (κ1) is 30.1. The number of carbonyl (C=O) groups excluding carboxylic acids is 2. The van der Waals surface area contributed by atoms with Gasteiger partial charge in [0.15, 0.2) is 5.78 Å². The van der Waals surface area contributed by atoms with Crippen molar-refractivity contribution in [3.8, 4) is 0 Å². The summed E-state index contributed by atoms with van der Waals surface area (Å²) in [6.07, 6.45) is 6.91. The van der Waals surface area contributed by atoms with E-state index in [-0.39, 0.29) is 47.7 Å². The number of benzene rings is 1. The summed E-state index contributed by atoms with van der Waals surface area (Å²) in [4.78, 5) is 30.4. The summed E-state index contributed by atoms with van der Waals surface area (Å²) >= 11 is 0. The predicted octanol–water partition coefficient (Wildman–Crippen LogP) is 2.76. The Morgan fingerprint density at radius 3 is 2.33 bits per heavy atom. The molecule has 0 radical (unpaired) electrons. The van der Waals surface area contributed by atoms with E-state index in [0.717, 1.165) is 52.1 Å². The van der Waals surface area contributed by atoms with Crippen LogP contribution < -0.4 is 5.32 Å². The number of hydrogen-bond acceptors (Lipinski definition) is 8. The van der Waals surface area contributed by atoms with Gasteiger partial charge in [-0.2, -0.15) is 4.31 Å². The smallest absolute Gasteiger partial charge is 0.309 e. The van der Waals surface area contributed by atoms with Gasteiger partial charge in [0.1, 0.15) is 0 Å². The number of nitrogens with one attached hydrogen (secondary N) is 1. The van der Waals surface area contributed by atoms with Crippen LogP contribution in [0.2, 0.25) is 0 Å². The van der Waals surface area contributed by atoms with Gasteiger partial charge in [-0.1, -0.05) is 38.3 Å². The van der Waals surface area contributed by atoms with E-state index in [1.807, 2.05) is 0 Å². The van der Waals surface area contributed by atoms with Crippen molar-refractivity contribution in [3.63, 3.8) is 0 Å². The number of carbonyl (C=O) groups is 2. The predicted molar refractivity (Wildman–Crippen MR) is 151 cm³/mol. The first-order chi connectivity index (χ1) is 18.8. The van der Waals surface area contributed by atoms with E-state index < -0.39 is 10.0 Å². The molecule has 0 amide bonds. The fraction of sp³-hybridized carbons (Fsp3) is 0.724. The average Bonchev–Trinajstić information content (AvgIpc) is 2.98. The second-order valence-corrected chi connectivity index (χ2v) is 13.1. The molecule has 1 saturated carbocycles. The van der Waals surface area contributed by atoms with Gasteiger partial charge in [0, 0.05) is 56.9 Å². The van der Waals surface area contributed by atoms with Crippen LogP contribution in [0.15, 0.2) is 29.2 Å². The summed E-state index contributed by atoms with van der Waals surface area (Å²) in [5.41, 5.74) is 0.499. The second kappa shape index (κ2) is 13.7. The van der Waals surface area contributed by atoms with Crippen LogP contribution >= 0.6 is 0 Å².